The van der Waals surface area contributed by atoms with Crippen molar-refractivity contribution < 1.29 is 19.1 Å². The molecule has 1 fully saturated rings. The molecule has 0 atom stereocenters. The molecule has 0 saturated carbocycles. The summed E-state index contributed by atoms with van der Waals surface area (Å²) in [7, 11) is 1.54. The Morgan fingerprint density at radius 1 is 1.03 bits per heavy atom. The highest BCUT2D eigenvalue weighted by Crippen LogP contribution is 2.36. The Balaban J connectivity index is 1.59. The molecular formula is C25H29ClN2O4. The van der Waals surface area contributed by atoms with Gasteiger partial charge in [-0.15, -0.1) is 0 Å². The number of benzene rings is 2. The fourth-order valence-electron chi connectivity index (χ4n) is 3.61. The maximum atomic E-state index is 12.7. The second kappa shape index (κ2) is 11.0. The van der Waals surface area contributed by atoms with Gasteiger partial charge in [-0.25, -0.2) is 0 Å². The van der Waals surface area contributed by atoms with E-state index in [1.165, 1.54) is 18.7 Å². The average molecular weight is 457 g/mol. The monoisotopic (exact) mass is 456 g/mol. The van der Waals surface area contributed by atoms with Crippen molar-refractivity contribution in [1.82, 2.24) is 9.80 Å². The summed E-state index contributed by atoms with van der Waals surface area (Å²) in [6.07, 6.45) is 4.18. The summed E-state index contributed by atoms with van der Waals surface area (Å²) in [6.45, 7) is 6.45. The maximum absolute atomic E-state index is 12.7. The minimum Gasteiger partial charge on any atom is -0.491 e. The third kappa shape index (κ3) is 5.62. The summed E-state index contributed by atoms with van der Waals surface area (Å²) in [5.74, 6) is 0.914. The van der Waals surface area contributed by atoms with E-state index in [9.17, 15) is 9.59 Å². The van der Waals surface area contributed by atoms with Crippen LogP contribution in [0.3, 0.4) is 0 Å². The number of methoxy groups -OCH3 is 1. The van der Waals surface area contributed by atoms with Crippen molar-refractivity contribution in [2.75, 3.05) is 39.9 Å². The van der Waals surface area contributed by atoms with Gasteiger partial charge in [0.15, 0.2) is 11.5 Å². The third-order valence-electron chi connectivity index (χ3n) is 5.44. The number of amides is 2. The zero-order valence-corrected chi connectivity index (χ0v) is 19.5. The van der Waals surface area contributed by atoms with Crippen LogP contribution in [0.2, 0.25) is 5.02 Å². The summed E-state index contributed by atoms with van der Waals surface area (Å²) in [6, 6.07) is 11.2. The largest absolute Gasteiger partial charge is 0.491 e. The lowest BCUT2D eigenvalue weighted by Gasteiger charge is -2.34. The number of ether oxygens (including phenoxy) is 2. The van der Waals surface area contributed by atoms with Gasteiger partial charge in [-0.05, 0) is 54.8 Å². The van der Waals surface area contributed by atoms with Crippen LogP contribution in [-0.4, -0.2) is 61.5 Å². The lowest BCUT2D eigenvalue weighted by molar-refractivity contribution is -0.127. The number of piperazine rings is 1. The third-order valence-corrected chi connectivity index (χ3v) is 5.72. The fourth-order valence-corrected chi connectivity index (χ4v) is 3.91. The van der Waals surface area contributed by atoms with Gasteiger partial charge in [-0.3, -0.25) is 9.59 Å². The van der Waals surface area contributed by atoms with Crippen LogP contribution in [-0.2, 0) is 11.2 Å². The van der Waals surface area contributed by atoms with E-state index in [0.29, 0.717) is 54.9 Å². The van der Waals surface area contributed by atoms with E-state index in [4.69, 9.17) is 21.1 Å². The highest BCUT2D eigenvalue weighted by molar-refractivity contribution is 6.32. The average Bonchev–Trinajstić information content (AvgIpc) is 2.82. The minimum atomic E-state index is -0.103. The van der Waals surface area contributed by atoms with Gasteiger partial charge in [0, 0.05) is 37.8 Å². The molecule has 6 nitrogen and oxygen atoms in total. The normalized spacial score (nSPS) is 14.0. The van der Waals surface area contributed by atoms with E-state index in [0.717, 1.165) is 12.0 Å². The topological polar surface area (TPSA) is 59.1 Å². The molecule has 0 aromatic heterocycles. The number of halogens is 1. The standard InChI is InChI=1S/C25H29ClN2O4/c1-4-18-6-9-20(10-7-18)25(30)28-14-12-27(13-15-28)23(29)11-8-19-16-21(26)24(31-3)22(17-19)32-5-2/h6-11,16-17H,4-5,12-15H2,1-3H3/b11-8+. The molecule has 170 valence electrons. The Hall–Kier alpha value is -2.99. The van der Waals surface area contributed by atoms with Crippen molar-refractivity contribution in [3.05, 3.63) is 64.2 Å². The predicted octanol–water partition coefficient (Wildman–Crippen LogP) is 4.31. The molecular weight excluding hydrogens is 428 g/mol. The second-order valence-corrected chi connectivity index (χ2v) is 7.88. The molecule has 32 heavy (non-hydrogen) atoms. The molecule has 2 amide bonds. The smallest absolute Gasteiger partial charge is 0.253 e. The van der Waals surface area contributed by atoms with Crippen LogP contribution < -0.4 is 9.47 Å². The van der Waals surface area contributed by atoms with Crippen LogP contribution in [0.1, 0.15) is 35.3 Å². The number of nitrogens with zero attached hydrogens (tertiary/aromatic N) is 2. The predicted molar refractivity (Wildman–Crippen MR) is 127 cm³/mol. The van der Waals surface area contributed by atoms with Crippen molar-refractivity contribution in [3.8, 4) is 11.5 Å². The summed E-state index contributed by atoms with van der Waals surface area (Å²) >= 11 is 6.28. The molecule has 1 saturated heterocycles. The van der Waals surface area contributed by atoms with Crippen molar-refractivity contribution >= 4 is 29.5 Å². The molecule has 0 N–H and O–H groups in total. The van der Waals surface area contributed by atoms with Gasteiger partial charge >= 0.3 is 0 Å². The number of hydrogen-bond acceptors (Lipinski definition) is 4. The van der Waals surface area contributed by atoms with Gasteiger partial charge in [0.05, 0.1) is 18.7 Å². The molecule has 7 heteroatoms. The van der Waals surface area contributed by atoms with Crippen molar-refractivity contribution in [1.29, 1.82) is 0 Å². The quantitative estimate of drug-likeness (QED) is 0.582. The summed E-state index contributed by atoms with van der Waals surface area (Å²) in [5, 5.41) is 0.421. The SMILES string of the molecule is CCOc1cc(/C=C/C(=O)N2CCN(C(=O)c3ccc(CC)cc3)CC2)cc(Cl)c1OC. The maximum Gasteiger partial charge on any atom is 0.253 e. The van der Waals surface area contributed by atoms with Gasteiger partial charge in [0.25, 0.3) is 5.91 Å². The van der Waals surface area contributed by atoms with E-state index in [1.54, 1.807) is 28.0 Å². The Kier molecular flexibility index (Phi) is 8.17. The van der Waals surface area contributed by atoms with Gasteiger partial charge in [0.1, 0.15) is 0 Å². The lowest BCUT2D eigenvalue weighted by Crippen LogP contribution is -2.50. The van der Waals surface area contributed by atoms with Gasteiger partial charge < -0.3 is 19.3 Å². The first-order valence-corrected chi connectivity index (χ1v) is 11.2. The summed E-state index contributed by atoms with van der Waals surface area (Å²) in [5.41, 5.74) is 2.63. The number of carbonyl (C=O) groups is 2. The number of rotatable bonds is 7. The number of hydrogen-bond donors (Lipinski definition) is 0. The van der Waals surface area contributed by atoms with Crippen LogP contribution >= 0.6 is 11.6 Å². The zero-order chi connectivity index (χ0) is 23.1. The van der Waals surface area contributed by atoms with Crippen LogP contribution in [0, 0.1) is 0 Å². The van der Waals surface area contributed by atoms with Gasteiger partial charge in [-0.1, -0.05) is 30.7 Å². The molecule has 3 rings (SSSR count). The molecule has 0 bridgehead atoms. The van der Waals surface area contributed by atoms with E-state index in [2.05, 4.69) is 6.92 Å². The molecule has 1 heterocycles. The zero-order valence-electron chi connectivity index (χ0n) is 18.8. The minimum absolute atomic E-state index is 0.00613. The second-order valence-electron chi connectivity index (χ2n) is 7.47. The van der Waals surface area contributed by atoms with Gasteiger partial charge in [0.2, 0.25) is 5.91 Å². The number of carbonyl (C=O) groups excluding carboxylic acids is 2. The molecule has 2 aromatic carbocycles. The number of aryl methyl sites for hydroxylation is 1. The van der Waals surface area contributed by atoms with Crippen LogP contribution in [0.15, 0.2) is 42.5 Å². The highest BCUT2D eigenvalue weighted by Gasteiger charge is 2.24. The van der Waals surface area contributed by atoms with E-state index >= 15 is 0 Å². The Morgan fingerprint density at radius 2 is 1.69 bits per heavy atom. The Bertz CT molecular complexity index is 980. The van der Waals surface area contributed by atoms with Crippen molar-refractivity contribution in [3.63, 3.8) is 0 Å². The molecule has 1 aliphatic heterocycles. The van der Waals surface area contributed by atoms with Crippen LogP contribution in [0.25, 0.3) is 6.08 Å². The van der Waals surface area contributed by atoms with Crippen molar-refractivity contribution in [2.45, 2.75) is 20.3 Å². The van der Waals surface area contributed by atoms with Crippen molar-refractivity contribution in [2.24, 2.45) is 0 Å². The van der Waals surface area contributed by atoms with E-state index in [-0.39, 0.29) is 11.8 Å². The first kappa shape index (κ1) is 23.7. The van der Waals surface area contributed by atoms with Crippen LogP contribution in [0.4, 0.5) is 0 Å². The van der Waals surface area contributed by atoms with Gasteiger partial charge in [-0.2, -0.15) is 0 Å². The van der Waals surface area contributed by atoms with E-state index in [1.807, 2.05) is 31.2 Å². The summed E-state index contributed by atoms with van der Waals surface area (Å²) < 4.78 is 10.9. The molecule has 1 aliphatic rings. The van der Waals surface area contributed by atoms with E-state index < -0.39 is 0 Å². The summed E-state index contributed by atoms with van der Waals surface area (Å²) in [4.78, 5) is 28.9. The molecule has 0 radical (unpaired) electrons. The highest BCUT2D eigenvalue weighted by atomic mass is 35.5. The Labute approximate surface area is 194 Å². The van der Waals surface area contributed by atoms with Crippen LogP contribution in [0.5, 0.6) is 11.5 Å². The molecule has 0 aliphatic carbocycles. The molecule has 0 unspecified atom stereocenters. The molecule has 0 spiro atoms. The first-order valence-electron chi connectivity index (χ1n) is 10.8. The Morgan fingerprint density at radius 3 is 2.28 bits per heavy atom. The molecule has 2 aromatic rings. The first-order chi connectivity index (χ1) is 15.5. The lowest BCUT2D eigenvalue weighted by atomic mass is 10.1. The fraction of sp³-hybridized carbons (Fsp3) is 0.360.